The van der Waals surface area contributed by atoms with Crippen LogP contribution in [0, 0.1) is 12.7 Å². The maximum Gasteiger partial charge on any atom is 0.130 e. The quantitative estimate of drug-likeness (QED) is 0.552. The molecule has 0 saturated carbocycles. The molecule has 0 aliphatic heterocycles. The Labute approximate surface area is 144 Å². The second-order valence-corrected chi connectivity index (χ2v) is 5.70. The summed E-state index contributed by atoms with van der Waals surface area (Å²) in [5.41, 5.74) is 2.99. The number of H-pyrrole nitrogens is 1. The first kappa shape index (κ1) is 17.1. The Kier molecular flexibility index (Phi) is 5.06. The van der Waals surface area contributed by atoms with Crippen LogP contribution in [-0.2, 0) is 0 Å². The van der Waals surface area contributed by atoms with E-state index in [0.29, 0.717) is 17.3 Å². The van der Waals surface area contributed by atoms with Crippen molar-refractivity contribution in [3.8, 4) is 22.6 Å². The molecule has 6 nitrogen and oxygen atoms in total. The summed E-state index contributed by atoms with van der Waals surface area (Å²) in [6.07, 6.45) is -0.858. The van der Waals surface area contributed by atoms with Gasteiger partial charge in [0.1, 0.15) is 17.5 Å². The van der Waals surface area contributed by atoms with Gasteiger partial charge >= 0.3 is 0 Å². The molecule has 1 atom stereocenters. The predicted octanol–water partition coefficient (Wildman–Crippen LogP) is 2.35. The first-order valence-corrected chi connectivity index (χ1v) is 7.89. The highest BCUT2D eigenvalue weighted by atomic mass is 19.1. The molecule has 0 amide bonds. The summed E-state index contributed by atoms with van der Waals surface area (Å²) >= 11 is 0. The third-order valence-corrected chi connectivity index (χ3v) is 3.67. The molecule has 0 spiro atoms. The number of benzene rings is 1. The van der Waals surface area contributed by atoms with Crippen molar-refractivity contribution in [2.45, 2.75) is 13.0 Å². The lowest BCUT2D eigenvalue weighted by molar-refractivity contribution is 0.105. The summed E-state index contributed by atoms with van der Waals surface area (Å²) in [7, 11) is 0. The van der Waals surface area contributed by atoms with E-state index < -0.39 is 6.10 Å². The standard InChI is InChI=1S/C18H19FN4O2/c1-11-21-17(8-18(22-11)20-9-14(25)10-24)16-6-5-15(23-16)12-3-2-4-13(19)7-12/h2-8,14,23-25H,9-10H2,1H3,(H,20,21,22)/t14-/m1/s1. The molecule has 0 radical (unpaired) electrons. The van der Waals surface area contributed by atoms with Crippen molar-refractivity contribution in [3.63, 3.8) is 0 Å². The van der Waals surface area contributed by atoms with Crippen LogP contribution in [0.5, 0.6) is 0 Å². The Morgan fingerprint density at radius 2 is 1.96 bits per heavy atom. The van der Waals surface area contributed by atoms with Gasteiger partial charge in [-0.25, -0.2) is 14.4 Å². The van der Waals surface area contributed by atoms with Crippen LogP contribution in [0.1, 0.15) is 5.82 Å². The molecule has 4 N–H and O–H groups in total. The topological polar surface area (TPSA) is 94.1 Å². The SMILES string of the molecule is Cc1nc(NC[C@@H](O)CO)cc(-c2ccc(-c3cccc(F)c3)[nH]2)n1. The normalized spacial score (nSPS) is 12.2. The lowest BCUT2D eigenvalue weighted by Crippen LogP contribution is -2.23. The van der Waals surface area contributed by atoms with Gasteiger partial charge in [0.05, 0.1) is 24.1 Å². The van der Waals surface area contributed by atoms with Gasteiger partial charge in [0.15, 0.2) is 0 Å². The van der Waals surface area contributed by atoms with E-state index in [9.17, 15) is 9.50 Å². The summed E-state index contributed by atoms with van der Waals surface area (Å²) in [6, 6.07) is 11.8. The number of aromatic nitrogens is 3. The number of aryl methyl sites for hydroxylation is 1. The molecule has 3 rings (SSSR count). The van der Waals surface area contributed by atoms with Crippen LogP contribution < -0.4 is 5.32 Å². The molecule has 0 bridgehead atoms. The minimum absolute atomic E-state index is 0.186. The summed E-state index contributed by atoms with van der Waals surface area (Å²) in [5.74, 6) is 0.831. The van der Waals surface area contributed by atoms with E-state index in [1.165, 1.54) is 12.1 Å². The van der Waals surface area contributed by atoms with Crippen molar-refractivity contribution in [2.24, 2.45) is 0 Å². The zero-order valence-electron chi connectivity index (χ0n) is 13.7. The smallest absolute Gasteiger partial charge is 0.130 e. The largest absolute Gasteiger partial charge is 0.394 e. The monoisotopic (exact) mass is 342 g/mol. The average molecular weight is 342 g/mol. The summed E-state index contributed by atoms with van der Waals surface area (Å²) in [5, 5.41) is 21.3. The first-order chi connectivity index (χ1) is 12.0. The molecule has 0 saturated heterocycles. The molecule has 25 heavy (non-hydrogen) atoms. The molecule has 2 aromatic heterocycles. The summed E-state index contributed by atoms with van der Waals surface area (Å²) < 4.78 is 13.4. The Balaban J connectivity index is 1.85. The van der Waals surface area contributed by atoms with Crippen molar-refractivity contribution in [2.75, 3.05) is 18.5 Å². The van der Waals surface area contributed by atoms with E-state index in [-0.39, 0.29) is 19.0 Å². The predicted molar refractivity (Wildman–Crippen MR) is 93.5 cm³/mol. The maximum atomic E-state index is 13.4. The van der Waals surface area contributed by atoms with Crippen LogP contribution in [-0.4, -0.2) is 44.4 Å². The zero-order chi connectivity index (χ0) is 17.8. The summed E-state index contributed by atoms with van der Waals surface area (Å²) in [4.78, 5) is 11.9. The average Bonchev–Trinajstić information content (AvgIpc) is 3.09. The fourth-order valence-corrected chi connectivity index (χ4v) is 2.45. The molecule has 0 aliphatic carbocycles. The number of hydrogen-bond acceptors (Lipinski definition) is 5. The second kappa shape index (κ2) is 7.42. The van der Waals surface area contributed by atoms with Gasteiger partial charge in [0.25, 0.3) is 0 Å². The molecular formula is C18H19FN4O2. The van der Waals surface area contributed by atoms with Gasteiger partial charge in [-0.15, -0.1) is 0 Å². The number of nitrogens with one attached hydrogen (secondary N) is 2. The first-order valence-electron chi connectivity index (χ1n) is 7.89. The number of aromatic amines is 1. The van der Waals surface area contributed by atoms with E-state index >= 15 is 0 Å². The third-order valence-electron chi connectivity index (χ3n) is 3.67. The van der Waals surface area contributed by atoms with Crippen molar-refractivity contribution in [1.82, 2.24) is 15.0 Å². The number of aliphatic hydroxyl groups excluding tert-OH is 2. The van der Waals surface area contributed by atoms with Gasteiger partial charge in [-0.3, -0.25) is 0 Å². The van der Waals surface area contributed by atoms with Crippen molar-refractivity contribution < 1.29 is 14.6 Å². The molecule has 130 valence electrons. The fraction of sp³-hybridized carbons (Fsp3) is 0.222. The van der Waals surface area contributed by atoms with Crippen LogP contribution in [0.25, 0.3) is 22.6 Å². The second-order valence-electron chi connectivity index (χ2n) is 5.70. The molecule has 3 aromatic rings. The number of halogens is 1. The number of aliphatic hydroxyl groups is 2. The molecule has 0 aliphatic rings. The molecule has 0 unspecified atom stereocenters. The number of rotatable bonds is 6. The van der Waals surface area contributed by atoms with Crippen molar-refractivity contribution >= 4 is 5.82 Å². The highest BCUT2D eigenvalue weighted by molar-refractivity contribution is 5.67. The zero-order valence-corrected chi connectivity index (χ0v) is 13.7. The van der Waals surface area contributed by atoms with Crippen LogP contribution >= 0.6 is 0 Å². The van der Waals surface area contributed by atoms with Gasteiger partial charge in [-0.05, 0) is 31.2 Å². The Morgan fingerprint density at radius 1 is 1.16 bits per heavy atom. The van der Waals surface area contributed by atoms with Gasteiger partial charge < -0.3 is 20.5 Å². The number of anilines is 1. The lowest BCUT2D eigenvalue weighted by atomic mass is 10.1. The molecule has 1 aromatic carbocycles. The van der Waals surface area contributed by atoms with Crippen molar-refractivity contribution in [1.29, 1.82) is 0 Å². The van der Waals surface area contributed by atoms with Gasteiger partial charge in [0, 0.05) is 23.9 Å². The van der Waals surface area contributed by atoms with Crippen LogP contribution in [0.2, 0.25) is 0 Å². The summed E-state index contributed by atoms with van der Waals surface area (Å²) in [6.45, 7) is 1.64. The van der Waals surface area contributed by atoms with E-state index in [4.69, 9.17) is 5.11 Å². The highest BCUT2D eigenvalue weighted by Crippen LogP contribution is 2.25. The lowest BCUT2D eigenvalue weighted by Gasteiger charge is -2.11. The molecule has 7 heteroatoms. The molecular weight excluding hydrogens is 323 g/mol. The molecule has 2 heterocycles. The van der Waals surface area contributed by atoms with E-state index in [1.54, 1.807) is 19.1 Å². The highest BCUT2D eigenvalue weighted by Gasteiger charge is 2.09. The Morgan fingerprint density at radius 3 is 2.72 bits per heavy atom. The third kappa shape index (κ3) is 4.20. The number of hydrogen-bond donors (Lipinski definition) is 4. The van der Waals surface area contributed by atoms with Crippen LogP contribution in [0.15, 0.2) is 42.5 Å². The Hall–Kier alpha value is -2.77. The minimum atomic E-state index is -0.858. The van der Waals surface area contributed by atoms with E-state index in [2.05, 4.69) is 20.3 Å². The Bertz CT molecular complexity index is 866. The fourth-order valence-electron chi connectivity index (χ4n) is 2.45. The van der Waals surface area contributed by atoms with Crippen LogP contribution in [0.3, 0.4) is 0 Å². The van der Waals surface area contributed by atoms with Crippen LogP contribution in [0.4, 0.5) is 10.2 Å². The van der Waals surface area contributed by atoms with Gasteiger partial charge in [-0.1, -0.05) is 12.1 Å². The van der Waals surface area contributed by atoms with Gasteiger partial charge in [0.2, 0.25) is 0 Å². The molecule has 0 fully saturated rings. The van der Waals surface area contributed by atoms with Crippen molar-refractivity contribution in [3.05, 3.63) is 54.1 Å². The van der Waals surface area contributed by atoms with E-state index in [0.717, 1.165) is 17.0 Å². The minimum Gasteiger partial charge on any atom is -0.394 e. The maximum absolute atomic E-state index is 13.4. The number of nitrogens with zero attached hydrogens (tertiary/aromatic N) is 2. The van der Waals surface area contributed by atoms with Gasteiger partial charge in [-0.2, -0.15) is 0 Å². The van der Waals surface area contributed by atoms with E-state index in [1.807, 2.05) is 18.2 Å².